The summed E-state index contributed by atoms with van der Waals surface area (Å²) in [6.45, 7) is 6.40. The lowest BCUT2D eigenvalue weighted by atomic mass is 10.2. The number of tetrazole rings is 1. The van der Waals surface area contributed by atoms with Gasteiger partial charge in [-0.3, -0.25) is 4.79 Å². The number of thioether (sulfide) groups is 1. The van der Waals surface area contributed by atoms with E-state index in [4.69, 9.17) is 11.6 Å². The van der Waals surface area contributed by atoms with Crippen LogP contribution in [0.1, 0.15) is 20.8 Å². The summed E-state index contributed by atoms with van der Waals surface area (Å²) in [5.41, 5.74) is 1.28. The van der Waals surface area contributed by atoms with Gasteiger partial charge in [-0.1, -0.05) is 32.4 Å². The van der Waals surface area contributed by atoms with Crippen molar-refractivity contribution in [1.29, 1.82) is 0 Å². The van der Waals surface area contributed by atoms with E-state index in [1.807, 2.05) is 0 Å². The Bertz CT molecular complexity index is 632. The van der Waals surface area contributed by atoms with Crippen LogP contribution in [0, 0.1) is 5.92 Å². The minimum atomic E-state index is -0.0757. The molecule has 0 bridgehead atoms. The minimum absolute atomic E-state index is 0.0757. The van der Waals surface area contributed by atoms with Crippen LogP contribution in [-0.4, -0.2) is 37.1 Å². The molecule has 0 radical (unpaired) electrons. The molecular formula is C14H18ClN5OS. The first-order chi connectivity index (χ1) is 10.5. The van der Waals surface area contributed by atoms with Gasteiger partial charge >= 0.3 is 0 Å². The second-order valence-electron chi connectivity index (χ2n) is 5.23. The highest BCUT2D eigenvalue weighted by Crippen LogP contribution is 2.25. The number of anilines is 1. The molecule has 2 rings (SSSR count). The van der Waals surface area contributed by atoms with E-state index in [9.17, 15) is 4.79 Å². The van der Waals surface area contributed by atoms with Crippen LogP contribution < -0.4 is 5.32 Å². The molecule has 0 saturated heterocycles. The zero-order chi connectivity index (χ0) is 16.1. The first-order valence-electron chi connectivity index (χ1n) is 6.91. The average Bonchev–Trinajstić information content (AvgIpc) is 3.01. The number of rotatable bonds is 6. The highest BCUT2D eigenvalue weighted by atomic mass is 35.5. The van der Waals surface area contributed by atoms with Gasteiger partial charge in [0.15, 0.2) is 0 Å². The van der Waals surface area contributed by atoms with Crippen molar-refractivity contribution in [2.24, 2.45) is 5.92 Å². The van der Waals surface area contributed by atoms with Crippen molar-refractivity contribution in [3.05, 3.63) is 29.5 Å². The number of aromatic nitrogens is 4. The lowest BCUT2D eigenvalue weighted by molar-refractivity contribution is -0.113. The molecule has 0 aliphatic rings. The number of nitrogens with zero attached hydrogens (tertiary/aromatic N) is 4. The lowest BCUT2D eigenvalue weighted by Crippen LogP contribution is -2.18. The normalized spacial score (nSPS) is 12.4. The predicted molar refractivity (Wildman–Crippen MR) is 89.6 cm³/mol. The number of carbonyl (C=O) groups is 1. The van der Waals surface area contributed by atoms with Gasteiger partial charge in [0.05, 0.1) is 22.2 Å². The van der Waals surface area contributed by atoms with Crippen LogP contribution in [0.3, 0.4) is 0 Å². The quantitative estimate of drug-likeness (QED) is 0.875. The van der Waals surface area contributed by atoms with E-state index in [0.29, 0.717) is 27.6 Å². The molecule has 0 aliphatic heterocycles. The van der Waals surface area contributed by atoms with Crippen LogP contribution in [0.2, 0.25) is 5.02 Å². The lowest BCUT2D eigenvalue weighted by Gasteiger charge is -2.15. The molecule has 6 nitrogen and oxygen atoms in total. The average molecular weight is 340 g/mol. The number of benzene rings is 1. The largest absolute Gasteiger partial charge is 0.324 e. The van der Waals surface area contributed by atoms with E-state index < -0.39 is 0 Å². The maximum atomic E-state index is 12.1. The monoisotopic (exact) mass is 339 g/mol. The predicted octanol–water partition coefficient (Wildman–Crippen LogP) is 3.03. The molecule has 0 aliphatic carbocycles. The van der Waals surface area contributed by atoms with E-state index in [1.165, 1.54) is 11.0 Å². The maximum absolute atomic E-state index is 12.1. The van der Waals surface area contributed by atoms with Gasteiger partial charge in [0.2, 0.25) is 5.91 Å². The van der Waals surface area contributed by atoms with E-state index in [2.05, 4.69) is 41.6 Å². The highest BCUT2D eigenvalue weighted by molar-refractivity contribution is 8.00. The van der Waals surface area contributed by atoms with Crippen molar-refractivity contribution in [1.82, 2.24) is 20.2 Å². The first kappa shape index (κ1) is 16.8. The smallest absolute Gasteiger partial charge is 0.234 e. The van der Waals surface area contributed by atoms with Crippen LogP contribution >= 0.6 is 23.4 Å². The third-order valence-corrected chi connectivity index (χ3v) is 5.08. The van der Waals surface area contributed by atoms with Crippen LogP contribution in [0.4, 0.5) is 5.69 Å². The van der Waals surface area contributed by atoms with Gasteiger partial charge in [-0.05, 0) is 34.5 Å². The Morgan fingerprint density at radius 3 is 2.82 bits per heavy atom. The zero-order valence-corrected chi connectivity index (χ0v) is 14.2. The Balaban J connectivity index is 2.03. The van der Waals surface area contributed by atoms with E-state index >= 15 is 0 Å². The summed E-state index contributed by atoms with van der Waals surface area (Å²) in [5.74, 6) is 0.850. The van der Waals surface area contributed by atoms with Crippen molar-refractivity contribution in [2.75, 3.05) is 11.1 Å². The number of hydrogen-bond donors (Lipinski definition) is 1. The molecular weight excluding hydrogens is 322 g/mol. The van der Waals surface area contributed by atoms with Crippen LogP contribution in [0.5, 0.6) is 0 Å². The summed E-state index contributed by atoms with van der Waals surface area (Å²) in [4.78, 5) is 12.1. The fraction of sp³-hybridized carbons (Fsp3) is 0.429. The molecule has 118 valence electrons. The Morgan fingerprint density at radius 1 is 1.41 bits per heavy atom. The summed E-state index contributed by atoms with van der Waals surface area (Å²) in [6, 6.07) is 5.23. The second kappa shape index (κ2) is 7.60. The van der Waals surface area contributed by atoms with E-state index in [1.54, 1.807) is 30.0 Å². The Labute approximate surface area is 138 Å². The van der Waals surface area contributed by atoms with Gasteiger partial charge in [0, 0.05) is 5.25 Å². The molecule has 22 heavy (non-hydrogen) atoms. The molecule has 0 unspecified atom stereocenters. The molecule has 0 saturated carbocycles. The van der Waals surface area contributed by atoms with Crippen molar-refractivity contribution >= 4 is 35.0 Å². The Kier molecular flexibility index (Phi) is 5.79. The molecule has 1 N–H and O–H groups in total. The van der Waals surface area contributed by atoms with Gasteiger partial charge in [-0.2, -0.15) is 0 Å². The number of hydrogen-bond acceptors (Lipinski definition) is 5. The molecule has 1 aromatic heterocycles. The van der Waals surface area contributed by atoms with E-state index in [-0.39, 0.29) is 5.91 Å². The van der Waals surface area contributed by atoms with Gasteiger partial charge in [-0.25, -0.2) is 4.68 Å². The summed E-state index contributed by atoms with van der Waals surface area (Å²) in [6.07, 6.45) is 1.48. The molecule has 0 spiro atoms. The molecule has 0 fully saturated rings. The van der Waals surface area contributed by atoms with Gasteiger partial charge in [0.1, 0.15) is 6.33 Å². The fourth-order valence-corrected chi connectivity index (χ4v) is 2.65. The Hall–Kier alpha value is -1.60. The van der Waals surface area contributed by atoms with Gasteiger partial charge < -0.3 is 5.32 Å². The maximum Gasteiger partial charge on any atom is 0.234 e. The first-order valence-corrected chi connectivity index (χ1v) is 8.34. The van der Waals surface area contributed by atoms with Crippen molar-refractivity contribution in [3.63, 3.8) is 0 Å². The molecule has 1 atom stereocenters. The third kappa shape index (κ3) is 4.45. The standard InChI is InChI=1S/C14H18ClN5OS/c1-9(2)10(3)22-7-14(21)17-13-6-11(4-5-12(13)15)20-8-16-18-19-20/h4-6,8-10H,7H2,1-3H3,(H,17,21)/t10-/m0/s1. The van der Waals surface area contributed by atoms with Crippen LogP contribution in [0.15, 0.2) is 24.5 Å². The fourth-order valence-electron chi connectivity index (χ4n) is 1.62. The molecule has 8 heteroatoms. The van der Waals surface area contributed by atoms with Crippen LogP contribution in [-0.2, 0) is 4.79 Å². The number of nitrogens with one attached hydrogen (secondary N) is 1. The highest BCUT2D eigenvalue weighted by Gasteiger charge is 2.12. The summed E-state index contributed by atoms with van der Waals surface area (Å²) < 4.78 is 1.50. The van der Waals surface area contributed by atoms with Crippen molar-refractivity contribution < 1.29 is 4.79 Å². The topological polar surface area (TPSA) is 72.7 Å². The van der Waals surface area contributed by atoms with Gasteiger partial charge in [0.25, 0.3) is 0 Å². The number of amides is 1. The zero-order valence-electron chi connectivity index (χ0n) is 12.7. The van der Waals surface area contributed by atoms with Crippen molar-refractivity contribution in [2.45, 2.75) is 26.0 Å². The molecule has 2 aromatic rings. The summed E-state index contributed by atoms with van der Waals surface area (Å²) in [5, 5.41) is 14.7. The molecule has 1 aromatic carbocycles. The van der Waals surface area contributed by atoms with E-state index in [0.717, 1.165) is 5.69 Å². The summed E-state index contributed by atoms with van der Waals surface area (Å²) in [7, 11) is 0. The number of carbonyl (C=O) groups excluding carboxylic acids is 1. The Morgan fingerprint density at radius 2 is 2.18 bits per heavy atom. The SMILES string of the molecule is CC(C)[C@H](C)SCC(=O)Nc1cc(-n2cnnn2)ccc1Cl. The number of halogens is 1. The van der Waals surface area contributed by atoms with Gasteiger partial charge in [-0.15, -0.1) is 16.9 Å². The minimum Gasteiger partial charge on any atom is -0.324 e. The second-order valence-corrected chi connectivity index (χ2v) is 7.00. The third-order valence-electron chi connectivity index (χ3n) is 3.25. The molecule has 1 heterocycles. The van der Waals surface area contributed by atoms with Crippen molar-refractivity contribution in [3.8, 4) is 5.69 Å². The molecule has 1 amide bonds. The summed E-state index contributed by atoms with van der Waals surface area (Å²) >= 11 is 7.76. The van der Waals surface area contributed by atoms with Crippen LogP contribution in [0.25, 0.3) is 5.69 Å².